The van der Waals surface area contributed by atoms with Gasteiger partial charge in [-0.15, -0.1) is 11.3 Å². The molecule has 1 atom stereocenters. The fraction of sp³-hybridized carbons (Fsp3) is 0.667. The standard InChI is InChI=1S/C9H15N3S/c1-8-5-12(3-2-11-8)6-9-4-10-7-13-9/h4,7-8,11H,2-3,5-6H2,1H3/t8-/m0/s1. The van der Waals surface area contributed by atoms with Crippen LogP contribution in [0.25, 0.3) is 0 Å². The van der Waals surface area contributed by atoms with Crippen molar-refractivity contribution >= 4 is 11.3 Å². The van der Waals surface area contributed by atoms with E-state index in [1.165, 1.54) is 4.88 Å². The third-order valence-electron chi connectivity index (χ3n) is 2.32. The van der Waals surface area contributed by atoms with Crippen molar-refractivity contribution in [2.75, 3.05) is 19.6 Å². The van der Waals surface area contributed by atoms with Gasteiger partial charge in [0.05, 0.1) is 5.51 Å². The Labute approximate surface area is 82.8 Å². The Morgan fingerprint density at radius 3 is 3.38 bits per heavy atom. The van der Waals surface area contributed by atoms with Crippen LogP contribution in [0.15, 0.2) is 11.7 Å². The number of aromatic nitrogens is 1. The predicted molar refractivity (Wildman–Crippen MR) is 54.9 cm³/mol. The first-order chi connectivity index (χ1) is 6.34. The van der Waals surface area contributed by atoms with Crippen LogP contribution < -0.4 is 5.32 Å². The SMILES string of the molecule is C[C@H]1CN(Cc2cncs2)CCN1. The van der Waals surface area contributed by atoms with E-state index in [1.807, 2.05) is 11.7 Å². The summed E-state index contributed by atoms with van der Waals surface area (Å²) in [7, 11) is 0. The molecule has 1 aliphatic rings. The maximum absolute atomic E-state index is 4.08. The van der Waals surface area contributed by atoms with Crippen LogP contribution in [0.1, 0.15) is 11.8 Å². The summed E-state index contributed by atoms with van der Waals surface area (Å²) in [4.78, 5) is 7.93. The van der Waals surface area contributed by atoms with Crippen molar-refractivity contribution in [2.45, 2.75) is 19.5 Å². The monoisotopic (exact) mass is 197 g/mol. The number of hydrogen-bond donors (Lipinski definition) is 1. The van der Waals surface area contributed by atoms with E-state index in [4.69, 9.17) is 0 Å². The van der Waals surface area contributed by atoms with Crippen molar-refractivity contribution < 1.29 is 0 Å². The molecule has 2 rings (SSSR count). The topological polar surface area (TPSA) is 28.2 Å². The lowest BCUT2D eigenvalue weighted by Gasteiger charge is -2.31. The number of thiazole rings is 1. The van der Waals surface area contributed by atoms with Gasteiger partial charge in [-0.05, 0) is 6.92 Å². The lowest BCUT2D eigenvalue weighted by molar-refractivity contribution is 0.201. The molecule has 1 aliphatic heterocycles. The Kier molecular flexibility index (Phi) is 2.93. The highest BCUT2D eigenvalue weighted by Gasteiger charge is 2.15. The molecule has 13 heavy (non-hydrogen) atoms. The molecule has 72 valence electrons. The van der Waals surface area contributed by atoms with Gasteiger partial charge in [-0.1, -0.05) is 0 Å². The zero-order valence-electron chi connectivity index (χ0n) is 7.86. The largest absolute Gasteiger partial charge is 0.312 e. The average molecular weight is 197 g/mol. The summed E-state index contributed by atoms with van der Waals surface area (Å²) in [5.41, 5.74) is 1.90. The van der Waals surface area contributed by atoms with E-state index in [9.17, 15) is 0 Å². The van der Waals surface area contributed by atoms with E-state index < -0.39 is 0 Å². The highest BCUT2D eigenvalue weighted by Crippen LogP contribution is 2.10. The Morgan fingerprint density at radius 1 is 1.77 bits per heavy atom. The fourth-order valence-electron chi connectivity index (χ4n) is 1.70. The first kappa shape index (κ1) is 9.12. The van der Waals surface area contributed by atoms with Crippen LogP contribution in [0.4, 0.5) is 0 Å². The zero-order valence-corrected chi connectivity index (χ0v) is 8.68. The molecule has 0 radical (unpaired) electrons. The molecule has 1 aromatic rings. The summed E-state index contributed by atoms with van der Waals surface area (Å²) in [6.07, 6.45) is 1.97. The lowest BCUT2D eigenvalue weighted by atomic mass is 10.2. The molecule has 0 amide bonds. The van der Waals surface area contributed by atoms with Crippen LogP contribution in [0.5, 0.6) is 0 Å². The number of piperazine rings is 1. The molecular weight excluding hydrogens is 182 g/mol. The van der Waals surface area contributed by atoms with E-state index in [1.54, 1.807) is 11.3 Å². The molecular formula is C9H15N3S. The van der Waals surface area contributed by atoms with Crippen molar-refractivity contribution in [2.24, 2.45) is 0 Å². The second-order valence-electron chi connectivity index (χ2n) is 3.56. The highest BCUT2D eigenvalue weighted by atomic mass is 32.1. The molecule has 0 spiro atoms. The van der Waals surface area contributed by atoms with E-state index >= 15 is 0 Å². The van der Waals surface area contributed by atoms with Crippen molar-refractivity contribution in [3.05, 3.63) is 16.6 Å². The molecule has 3 nitrogen and oxygen atoms in total. The Morgan fingerprint density at radius 2 is 2.69 bits per heavy atom. The molecule has 0 aliphatic carbocycles. The molecule has 4 heteroatoms. The number of rotatable bonds is 2. The van der Waals surface area contributed by atoms with Crippen LogP contribution in [0.3, 0.4) is 0 Å². The molecule has 1 fully saturated rings. The summed E-state index contributed by atoms with van der Waals surface area (Å²) in [6, 6.07) is 0.627. The Bertz CT molecular complexity index is 247. The minimum atomic E-state index is 0.627. The van der Waals surface area contributed by atoms with Crippen molar-refractivity contribution in [1.82, 2.24) is 15.2 Å². The summed E-state index contributed by atoms with van der Waals surface area (Å²) < 4.78 is 0. The third-order valence-corrected chi connectivity index (χ3v) is 3.08. The Hall–Kier alpha value is -0.450. The number of hydrogen-bond acceptors (Lipinski definition) is 4. The van der Waals surface area contributed by atoms with E-state index in [0.717, 1.165) is 26.2 Å². The van der Waals surface area contributed by atoms with E-state index in [0.29, 0.717) is 6.04 Å². The zero-order chi connectivity index (χ0) is 9.10. The summed E-state index contributed by atoms with van der Waals surface area (Å²) in [5, 5.41) is 3.44. The lowest BCUT2D eigenvalue weighted by Crippen LogP contribution is -2.48. The summed E-state index contributed by atoms with van der Waals surface area (Å²) in [5.74, 6) is 0. The van der Waals surface area contributed by atoms with Gasteiger partial charge in [0.2, 0.25) is 0 Å². The van der Waals surface area contributed by atoms with Gasteiger partial charge in [-0.3, -0.25) is 9.88 Å². The molecule has 1 saturated heterocycles. The number of nitrogens with zero attached hydrogens (tertiary/aromatic N) is 2. The molecule has 1 aromatic heterocycles. The quantitative estimate of drug-likeness (QED) is 0.764. The first-order valence-corrected chi connectivity index (χ1v) is 5.55. The maximum atomic E-state index is 4.08. The van der Waals surface area contributed by atoms with Gasteiger partial charge in [0, 0.05) is 43.3 Å². The van der Waals surface area contributed by atoms with Crippen molar-refractivity contribution in [1.29, 1.82) is 0 Å². The summed E-state index contributed by atoms with van der Waals surface area (Å²) in [6.45, 7) is 6.72. The van der Waals surface area contributed by atoms with E-state index in [2.05, 4.69) is 22.1 Å². The minimum absolute atomic E-state index is 0.627. The first-order valence-electron chi connectivity index (χ1n) is 4.67. The van der Waals surface area contributed by atoms with Crippen LogP contribution in [-0.4, -0.2) is 35.6 Å². The second kappa shape index (κ2) is 4.17. The van der Waals surface area contributed by atoms with Gasteiger partial charge in [0.25, 0.3) is 0 Å². The molecule has 0 bridgehead atoms. The summed E-state index contributed by atoms with van der Waals surface area (Å²) >= 11 is 1.74. The van der Waals surface area contributed by atoms with Crippen molar-refractivity contribution in [3.63, 3.8) is 0 Å². The van der Waals surface area contributed by atoms with Crippen LogP contribution in [-0.2, 0) is 6.54 Å². The molecule has 0 saturated carbocycles. The minimum Gasteiger partial charge on any atom is -0.312 e. The average Bonchev–Trinajstić information content (AvgIpc) is 2.57. The van der Waals surface area contributed by atoms with Gasteiger partial charge in [0.15, 0.2) is 0 Å². The highest BCUT2D eigenvalue weighted by molar-refractivity contribution is 7.09. The molecule has 0 aromatic carbocycles. The fourth-order valence-corrected chi connectivity index (χ4v) is 2.33. The van der Waals surface area contributed by atoms with Gasteiger partial charge < -0.3 is 5.32 Å². The normalized spacial score (nSPS) is 24.8. The van der Waals surface area contributed by atoms with Crippen LogP contribution in [0, 0.1) is 0 Å². The van der Waals surface area contributed by atoms with Gasteiger partial charge in [-0.2, -0.15) is 0 Å². The molecule has 1 N–H and O–H groups in total. The number of nitrogens with one attached hydrogen (secondary N) is 1. The molecule has 0 unspecified atom stereocenters. The van der Waals surface area contributed by atoms with Crippen LogP contribution in [0.2, 0.25) is 0 Å². The third kappa shape index (κ3) is 2.49. The predicted octanol–water partition coefficient (Wildman–Crippen LogP) is 0.937. The van der Waals surface area contributed by atoms with Gasteiger partial charge in [0.1, 0.15) is 0 Å². The van der Waals surface area contributed by atoms with Gasteiger partial charge in [-0.25, -0.2) is 0 Å². The van der Waals surface area contributed by atoms with Crippen molar-refractivity contribution in [3.8, 4) is 0 Å². The van der Waals surface area contributed by atoms with Gasteiger partial charge >= 0.3 is 0 Å². The second-order valence-corrected chi connectivity index (χ2v) is 4.53. The maximum Gasteiger partial charge on any atom is 0.0794 e. The Balaban J connectivity index is 1.87. The van der Waals surface area contributed by atoms with Crippen LogP contribution >= 0.6 is 11.3 Å². The van der Waals surface area contributed by atoms with E-state index in [-0.39, 0.29) is 0 Å². The smallest absolute Gasteiger partial charge is 0.0794 e. The molecule has 2 heterocycles.